The van der Waals surface area contributed by atoms with Gasteiger partial charge in [0.15, 0.2) is 0 Å². The Morgan fingerprint density at radius 2 is 2.42 bits per heavy atom. The Hall–Kier alpha value is -1.36. The standard InChI is InChI=1S/C14H22N4O/c1-14(7-4-8-15-14)13(19)17-11-5-3-6-12-10(11)9-16-18(12)2/h9,11,15H,3-8H2,1-2H3,(H,17,19). The molecular weight excluding hydrogens is 240 g/mol. The normalized spacial score (nSPS) is 30.1. The molecule has 5 nitrogen and oxygen atoms in total. The number of nitrogens with one attached hydrogen (secondary N) is 2. The van der Waals surface area contributed by atoms with Gasteiger partial charge in [0.2, 0.25) is 5.91 Å². The van der Waals surface area contributed by atoms with Gasteiger partial charge in [-0.05, 0) is 45.6 Å². The average Bonchev–Trinajstić information content (AvgIpc) is 2.99. The van der Waals surface area contributed by atoms with Gasteiger partial charge < -0.3 is 10.6 Å². The number of hydrogen-bond acceptors (Lipinski definition) is 3. The molecule has 1 fully saturated rings. The second kappa shape index (κ2) is 4.63. The van der Waals surface area contributed by atoms with Gasteiger partial charge >= 0.3 is 0 Å². The van der Waals surface area contributed by atoms with Gasteiger partial charge in [-0.1, -0.05) is 0 Å². The summed E-state index contributed by atoms with van der Waals surface area (Å²) < 4.78 is 1.93. The minimum absolute atomic E-state index is 0.129. The third-order valence-corrected chi connectivity index (χ3v) is 4.55. The van der Waals surface area contributed by atoms with E-state index in [2.05, 4.69) is 15.7 Å². The van der Waals surface area contributed by atoms with Crippen molar-refractivity contribution in [3.05, 3.63) is 17.5 Å². The van der Waals surface area contributed by atoms with E-state index in [-0.39, 0.29) is 17.5 Å². The molecule has 104 valence electrons. The molecule has 1 aliphatic carbocycles. The monoisotopic (exact) mass is 262 g/mol. The number of nitrogens with zero attached hydrogens (tertiary/aromatic N) is 2. The number of amides is 1. The first kappa shape index (κ1) is 12.7. The molecule has 2 N–H and O–H groups in total. The molecule has 1 aromatic heterocycles. The highest BCUT2D eigenvalue weighted by molar-refractivity contribution is 5.86. The van der Waals surface area contributed by atoms with E-state index in [0.29, 0.717) is 0 Å². The minimum atomic E-state index is -0.389. The molecule has 1 aliphatic heterocycles. The molecule has 3 rings (SSSR count). The largest absolute Gasteiger partial charge is 0.348 e. The lowest BCUT2D eigenvalue weighted by molar-refractivity contribution is -0.127. The predicted octanol–water partition coefficient (Wildman–Crippen LogP) is 1.06. The number of hydrogen-bond donors (Lipinski definition) is 2. The van der Waals surface area contributed by atoms with Crippen LogP contribution in [0.2, 0.25) is 0 Å². The zero-order chi connectivity index (χ0) is 13.5. The van der Waals surface area contributed by atoms with E-state index < -0.39 is 0 Å². The Morgan fingerprint density at radius 1 is 1.58 bits per heavy atom. The third kappa shape index (κ3) is 2.16. The highest BCUT2D eigenvalue weighted by Gasteiger charge is 2.37. The number of carbonyl (C=O) groups is 1. The van der Waals surface area contributed by atoms with Crippen LogP contribution in [-0.4, -0.2) is 27.8 Å². The zero-order valence-electron chi connectivity index (χ0n) is 11.7. The summed E-state index contributed by atoms with van der Waals surface area (Å²) in [6.45, 7) is 2.94. The first-order valence-corrected chi connectivity index (χ1v) is 7.17. The van der Waals surface area contributed by atoms with Crippen molar-refractivity contribution in [2.75, 3.05) is 6.54 Å². The van der Waals surface area contributed by atoms with Gasteiger partial charge in [0.1, 0.15) is 0 Å². The van der Waals surface area contributed by atoms with E-state index in [4.69, 9.17) is 0 Å². The van der Waals surface area contributed by atoms with Crippen LogP contribution in [0.15, 0.2) is 6.20 Å². The summed E-state index contributed by atoms with van der Waals surface area (Å²) in [4.78, 5) is 12.5. The van der Waals surface area contributed by atoms with Gasteiger partial charge in [-0.2, -0.15) is 5.10 Å². The molecule has 2 atom stereocenters. The minimum Gasteiger partial charge on any atom is -0.348 e. The van der Waals surface area contributed by atoms with Crippen molar-refractivity contribution < 1.29 is 4.79 Å². The summed E-state index contributed by atoms with van der Waals surface area (Å²) in [7, 11) is 1.98. The van der Waals surface area contributed by atoms with E-state index in [1.165, 1.54) is 11.3 Å². The maximum atomic E-state index is 12.5. The first-order chi connectivity index (χ1) is 9.10. The van der Waals surface area contributed by atoms with Gasteiger partial charge in [0, 0.05) is 18.3 Å². The molecule has 1 amide bonds. The molecule has 19 heavy (non-hydrogen) atoms. The number of carbonyl (C=O) groups excluding carboxylic acids is 1. The smallest absolute Gasteiger partial charge is 0.240 e. The van der Waals surface area contributed by atoms with Crippen LogP contribution in [0.3, 0.4) is 0 Å². The summed E-state index contributed by atoms with van der Waals surface area (Å²) in [6.07, 6.45) is 7.10. The fraction of sp³-hybridized carbons (Fsp3) is 0.714. The van der Waals surface area contributed by atoms with Gasteiger partial charge in [0.05, 0.1) is 17.8 Å². The van der Waals surface area contributed by atoms with Crippen molar-refractivity contribution in [1.29, 1.82) is 0 Å². The molecule has 0 spiro atoms. The number of aryl methyl sites for hydroxylation is 1. The quantitative estimate of drug-likeness (QED) is 0.838. The summed E-state index contributed by atoms with van der Waals surface area (Å²) in [5.74, 6) is 0.131. The lowest BCUT2D eigenvalue weighted by Gasteiger charge is -2.29. The molecular formula is C14H22N4O. The van der Waals surface area contributed by atoms with E-state index in [9.17, 15) is 4.79 Å². The Balaban J connectivity index is 1.76. The molecule has 0 saturated carbocycles. The van der Waals surface area contributed by atoms with Crippen LogP contribution in [0, 0.1) is 0 Å². The van der Waals surface area contributed by atoms with Crippen molar-refractivity contribution in [2.24, 2.45) is 7.05 Å². The Bertz CT molecular complexity index is 488. The molecule has 5 heteroatoms. The third-order valence-electron chi connectivity index (χ3n) is 4.55. The van der Waals surface area contributed by atoms with E-state index in [1.54, 1.807) is 0 Å². The van der Waals surface area contributed by atoms with Gasteiger partial charge in [-0.3, -0.25) is 9.48 Å². The van der Waals surface area contributed by atoms with Gasteiger partial charge in [-0.25, -0.2) is 0 Å². The van der Waals surface area contributed by atoms with Crippen LogP contribution >= 0.6 is 0 Å². The zero-order valence-corrected chi connectivity index (χ0v) is 11.7. The summed E-state index contributed by atoms with van der Waals surface area (Å²) in [6, 6.07) is 0.129. The predicted molar refractivity (Wildman–Crippen MR) is 72.7 cm³/mol. The Kier molecular flexibility index (Phi) is 3.09. The molecule has 2 aliphatic rings. The molecule has 2 heterocycles. The molecule has 1 saturated heterocycles. The lowest BCUT2D eigenvalue weighted by atomic mass is 9.91. The summed E-state index contributed by atoms with van der Waals surface area (Å²) in [5, 5.41) is 10.9. The topological polar surface area (TPSA) is 59.0 Å². The Labute approximate surface area is 113 Å². The molecule has 1 aromatic rings. The van der Waals surface area contributed by atoms with Crippen molar-refractivity contribution in [3.8, 4) is 0 Å². The van der Waals surface area contributed by atoms with Crippen molar-refractivity contribution >= 4 is 5.91 Å². The Morgan fingerprint density at radius 3 is 3.16 bits per heavy atom. The van der Waals surface area contributed by atoms with Gasteiger partial charge in [0.25, 0.3) is 0 Å². The van der Waals surface area contributed by atoms with Crippen LogP contribution < -0.4 is 10.6 Å². The van der Waals surface area contributed by atoms with Crippen LogP contribution in [0.5, 0.6) is 0 Å². The molecule has 0 bridgehead atoms. The second-order valence-corrected chi connectivity index (χ2v) is 5.95. The molecule has 2 unspecified atom stereocenters. The van der Waals surface area contributed by atoms with Gasteiger partial charge in [-0.15, -0.1) is 0 Å². The number of aromatic nitrogens is 2. The summed E-state index contributed by atoms with van der Waals surface area (Å²) in [5.41, 5.74) is 2.07. The highest BCUT2D eigenvalue weighted by atomic mass is 16.2. The summed E-state index contributed by atoms with van der Waals surface area (Å²) >= 11 is 0. The first-order valence-electron chi connectivity index (χ1n) is 7.17. The average molecular weight is 262 g/mol. The maximum absolute atomic E-state index is 12.5. The van der Waals surface area contributed by atoms with E-state index in [1.807, 2.05) is 24.9 Å². The van der Waals surface area contributed by atoms with Crippen LogP contribution in [0.4, 0.5) is 0 Å². The van der Waals surface area contributed by atoms with Crippen LogP contribution in [0.1, 0.15) is 49.9 Å². The second-order valence-electron chi connectivity index (χ2n) is 5.95. The van der Waals surface area contributed by atoms with Crippen molar-refractivity contribution in [2.45, 2.75) is 50.6 Å². The van der Waals surface area contributed by atoms with Crippen molar-refractivity contribution in [1.82, 2.24) is 20.4 Å². The molecule has 0 aromatic carbocycles. The number of fused-ring (bicyclic) bond motifs is 1. The van der Waals surface area contributed by atoms with E-state index in [0.717, 1.165) is 38.6 Å². The fourth-order valence-electron chi connectivity index (χ4n) is 3.26. The van der Waals surface area contributed by atoms with Crippen molar-refractivity contribution in [3.63, 3.8) is 0 Å². The lowest BCUT2D eigenvalue weighted by Crippen LogP contribution is -2.52. The fourth-order valence-corrected chi connectivity index (χ4v) is 3.26. The SMILES string of the molecule is Cn1ncc2c1CCCC2NC(=O)C1(C)CCCN1. The van der Waals surface area contributed by atoms with Crippen LogP contribution in [0.25, 0.3) is 0 Å². The number of rotatable bonds is 2. The van der Waals surface area contributed by atoms with E-state index >= 15 is 0 Å². The van der Waals surface area contributed by atoms with Crippen LogP contribution in [-0.2, 0) is 18.3 Å². The maximum Gasteiger partial charge on any atom is 0.240 e. The molecule has 0 radical (unpaired) electrons. The highest BCUT2D eigenvalue weighted by Crippen LogP contribution is 2.30.